The van der Waals surface area contributed by atoms with Crippen LogP contribution in [0.1, 0.15) is 49.0 Å². The van der Waals surface area contributed by atoms with Gasteiger partial charge in [0.15, 0.2) is 0 Å². The lowest BCUT2D eigenvalue weighted by Gasteiger charge is -2.39. The molecule has 14 nitrogen and oxygen atoms in total. The molecule has 3 aromatic carbocycles. The van der Waals surface area contributed by atoms with Crippen molar-refractivity contribution in [3.63, 3.8) is 0 Å². The summed E-state index contributed by atoms with van der Waals surface area (Å²) in [5.74, 6) is -0.522. The van der Waals surface area contributed by atoms with E-state index in [1.807, 2.05) is 18.2 Å². The fourth-order valence-electron chi connectivity index (χ4n) is 7.64. The number of nitro groups is 1. The van der Waals surface area contributed by atoms with Gasteiger partial charge in [0, 0.05) is 67.1 Å². The number of furan rings is 1. The minimum atomic E-state index is -4.58. The second kappa shape index (κ2) is 16.2. The average molecular weight is 836 g/mol. The van der Waals surface area contributed by atoms with Gasteiger partial charge in [0.05, 0.1) is 33.5 Å². The van der Waals surface area contributed by atoms with Crippen molar-refractivity contribution in [1.82, 2.24) is 19.6 Å². The van der Waals surface area contributed by atoms with Crippen LogP contribution in [0.15, 0.2) is 119 Å². The van der Waals surface area contributed by atoms with Crippen LogP contribution in [0.25, 0.3) is 16.6 Å². The molecule has 304 valence electrons. The van der Waals surface area contributed by atoms with Gasteiger partial charge in [0.25, 0.3) is 21.6 Å². The zero-order valence-electron chi connectivity index (χ0n) is 32.4. The molecular formula is C43H42ClN7O7S. The molecule has 1 aliphatic carbocycles. The highest BCUT2D eigenvalue weighted by atomic mass is 35.5. The van der Waals surface area contributed by atoms with E-state index in [9.17, 15) is 23.3 Å². The van der Waals surface area contributed by atoms with Gasteiger partial charge >= 0.3 is 0 Å². The van der Waals surface area contributed by atoms with Gasteiger partial charge in [-0.3, -0.25) is 19.8 Å². The lowest BCUT2D eigenvalue weighted by molar-refractivity contribution is -0.384. The Morgan fingerprint density at radius 3 is 2.58 bits per heavy atom. The quantitative estimate of drug-likeness (QED) is 0.0792. The van der Waals surface area contributed by atoms with Crippen LogP contribution < -0.4 is 19.7 Å². The molecule has 3 N–H and O–H groups in total. The van der Waals surface area contributed by atoms with E-state index in [1.54, 1.807) is 30.5 Å². The number of piperazine rings is 1. The normalized spacial score (nSPS) is 15.9. The van der Waals surface area contributed by atoms with Gasteiger partial charge in [-0.15, -0.1) is 0 Å². The molecule has 1 saturated heterocycles. The maximum absolute atomic E-state index is 13.8. The maximum Gasteiger partial charge on any atom is 0.294 e. The van der Waals surface area contributed by atoms with Crippen LogP contribution in [0, 0.1) is 15.5 Å². The summed E-state index contributed by atoms with van der Waals surface area (Å²) in [5, 5.41) is 16.3. The predicted molar refractivity (Wildman–Crippen MR) is 227 cm³/mol. The number of aromatic nitrogens is 2. The highest BCUT2D eigenvalue weighted by Gasteiger charge is 2.30. The summed E-state index contributed by atoms with van der Waals surface area (Å²) in [6.45, 7) is 8.60. The summed E-state index contributed by atoms with van der Waals surface area (Å²) in [4.78, 5) is 36.7. The molecule has 8 rings (SSSR count). The first kappa shape index (κ1) is 39.7. The van der Waals surface area contributed by atoms with Gasteiger partial charge < -0.3 is 24.4 Å². The zero-order valence-corrected chi connectivity index (χ0v) is 34.0. The number of nitrogens with zero attached hydrogens (tertiary/aromatic N) is 4. The van der Waals surface area contributed by atoms with Crippen LogP contribution >= 0.6 is 11.6 Å². The Morgan fingerprint density at radius 2 is 1.83 bits per heavy atom. The van der Waals surface area contributed by atoms with E-state index in [-0.39, 0.29) is 22.4 Å². The second-order valence-corrected chi connectivity index (χ2v) is 17.7. The van der Waals surface area contributed by atoms with Crippen molar-refractivity contribution in [3.05, 3.63) is 136 Å². The number of nitro benzene ring substituents is 1. The third-order valence-corrected chi connectivity index (χ3v) is 12.4. The molecule has 16 heteroatoms. The van der Waals surface area contributed by atoms with Crippen molar-refractivity contribution in [3.8, 4) is 11.5 Å². The maximum atomic E-state index is 13.8. The molecule has 0 spiro atoms. The largest absolute Gasteiger partial charge is 0.470 e. The number of aromatic amines is 1. The van der Waals surface area contributed by atoms with E-state index >= 15 is 0 Å². The number of pyridine rings is 1. The smallest absolute Gasteiger partial charge is 0.294 e. The fraction of sp³-hybridized carbons (Fsp3) is 0.256. The number of allylic oxidation sites excluding steroid dienone is 1. The lowest BCUT2D eigenvalue weighted by atomic mass is 9.72. The molecule has 4 heterocycles. The molecule has 0 atom stereocenters. The Balaban J connectivity index is 1.02. The number of carbonyl (C=O) groups is 1. The Hall–Kier alpha value is -6.16. The zero-order chi connectivity index (χ0) is 41.3. The Bertz CT molecular complexity index is 2670. The van der Waals surface area contributed by atoms with Crippen molar-refractivity contribution < 1.29 is 27.3 Å². The van der Waals surface area contributed by atoms with E-state index in [0.717, 1.165) is 74.1 Å². The van der Waals surface area contributed by atoms with E-state index in [2.05, 4.69) is 55.8 Å². The Morgan fingerprint density at radius 1 is 1.03 bits per heavy atom. The number of carbonyl (C=O) groups excluding carboxylic acids is 1. The Labute approximate surface area is 346 Å². The lowest BCUT2D eigenvalue weighted by Crippen LogP contribution is -2.47. The number of sulfonamides is 1. The first-order valence-corrected chi connectivity index (χ1v) is 21.0. The van der Waals surface area contributed by atoms with Gasteiger partial charge in [-0.2, -0.15) is 0 Å². The molecule has 0 saturated carbocycles. The molecule has 2 aliphatic rings. The second-order valence-electron chi connectivity index (χ2n) is 15.6. The summed E-state index contributed by atoms with van der Waals surface area (Å²) in [6, 6.07) is 21.6. The third-order valence-electron chi connectivity index (χ3n) is 10.8. The van der Waals surface area contributed by atoms with Crippen molar-refractivity contribution >= 4 is 66.9 Å². The number of H-pyrrole nitrogens is 1. The average Bonchev–Trinajstić information content (AvgIpc) is 3.91. The fourth-order valence-corrected chi connectivity index (χ4v) is 8.75. The SMILES string of the molecule is CC1(C)CCC(CN2CCN(c3ccc(C(=O)NS(=O)(=O)c4ccc(Nc5ccoc5)c([N+](=O)[O-])c4)c(Oc4cnc5[nH]ccc5c4)c3)CC2)=C(c2ccc(Cl)cc2)C1. The van der Waals surface area contributed by atoms with Gasteiger partial charge in [-0.05, 0) is 90.4 Å². The van der Waals surface area contributed by atoms with E-state index in [0.29, 0.717) is 17.1 Å². The number of hydrogen-bond donors (Lipinski definition) is 3. The summed E-state index contributed by atoms with van der Waals surface area (Å²) in [7, 11) is -4.58. The summed E-state index contributed by atoms with van der Waals surface area (Å²) in [5.41, 5.74) is 5.68. The van der Waals surface area contributed by atoms with Gasteiger partial charge in [0.2, 0.25) is 0 Å². The number of rotatable bonds is 12. The van der Waals surface area contributed by atoms with Crippen LogP contribution in [-0.2, 0) is 10.0 Å². The molecule has 3 aromatic heterocycles. The summed E-state index contributed by atoms with van der Waals surface area (Å²) in [6.07, 6.45) is 9.18. The topological polar surface area (TPSA) is 176 Å². The molecule has 0 radical (unpaired) electrons. The molecule has 6 aromatic rings. The Kier molecular flexibility index (Phi) is 10.9. The number of amides is 1. The van der Waals surface area contributed by atoms with Crippen LogP contribution in [0.3, 0.4) is 0 Å². The van der Waals surface area contributed by atoms with E-state index in [1.165, 1.54) is 53.6 Å². The van der Waals surface area contributed by atoms with Crippen LogP contribution in [0.5, 0.6) is 11.5 Å². The summed E-state index contributed by atoms with van der Waals surface area (Å²) < 4.78 is 40.5. The standard InChI is InChI=1S/C43H42ClN7O7S/c1-43(2)14-11-30(37(24-43)28-3-5-31(44)6-4-28)26-49-16-18-50(19-17-49)33-7-9-36(40(22-33)58-34-21-29-12-15-45-41(29)46-25-34)42(52)48-59(55,56)35-8-10-38(39(23-35)51(53)54)47-32-13-20-57-27-32/h3-10,12-13,15,20-23,25,27,47H,11,14,16-19,24,26H2,1-2H3,(H,45,46)(H,48,52). The van der Waals surface area contributed by atoms with Gasteiger partial charge in [-0.1, -0.05) is 43.2 Å². The molecular weight excluding hydrogens is 794 g/mol. The van der Waals surface area contributed by atoms with Crippen LogP contribution in [0.4, 0.5) is 22.7 Å². The van der Waals surface area contributed by atoms with Crippen molar-refractivity contribution in [2.45, 2.75) is 38.0 Å². The van der Waals surface area contributed by atoms with E-state index < -0.39 is 31.4 Å². The third kappa shape index (κ3) is 8.97. The highest BCUT2D eigenvalue weighted by molar-refractivity contribution is 7.90. The van der Waals surface area contributed by atoms with Crippen molar-refractivity contribution in [2.75, 3.05) is 42.9 Å². The number of nitrogens with one attached hydrogen (secondary N) is 3. The number of fused-ring (bicyclic) bond motifs is 1. The monoisotopic (exact) mass is 835 g/mol. The van der Waals surface area contributed by atoms with Crippen molar-refractivity contribution in [2.24, 2.45) is 5.41 Å². The molecule has 0 bridgehead atoms. The van der Waals surface area contributed by atoms with Crippen molar-refractivity contribution in [1.29, 1.82) is 0 Å². The summed E-state index contributed by atoms with van der Waals surface area (Å²) >= 11 is 6.23. The number of benzene rings is 3. The van der Waals surface area contributed by atoms with E-state index in [4.69, 9.17) is 20.8 Å². The first-order chi connectivity index (χ1) is 28.3. The first-order valence-electron chi connectivity index (χ1n) is 19.1. The molecule has 59 heavy (non-hydrogen) atoms. The number of hydrogen-bond acceptors (Lipinski definition) is 11. The highest BCUT2D eigenvalue weighted by Crippen LogP contribution is 2.43. The molecule has 1 aliphatic heterocycles. The molecule has 1 fully saturated rings. The number of anilines is 3. The number of halogens is 1. The number of ether oxygens (including phenoxy) is 1. The minimum Gasteiger partial charge on any atom is -0.470 e. The molecule has 1 amide bonds. The van der Waals surface area contributed by atoms with Gasteiger partial charge in [0.1, 0.15) is 29.1 Å². The van der Waals surface area contributed by atoms with Crippen LogP contribution in [-0.4, -0.2) is 66.8 Å². The minimum absolute atomic E-state index is 0.0413. The van der Waals surface area contributed by atoms with Crippen LogP contribution in [0.2, 0.25) is 5.02 Å². The predicted octanol–water partition coefficient (Wildman–Crippen LogP) is 9.16. The molecule has 0 unspecified atom stereocenters. The van der Waals surface area contributed by atoms with Gasteiger partial charge in [-0.25, -0.2) is 18.1 Å².